The van der Waals surface area contributed by atoms with Crippen molar-refractivity contribution < 1.29 is 45.8 Å². The number of rotatable bonds is 16. The molecule has 2 aromatic rings. The van der Waals surface area contributed by atoms with E-state index in [4.69, 9.17) is 10.5 Å². The van der Waals surface area contributed by atoms with Crippen molar-refractivity contribution in [2.45, 2.75) is 56.1 Å². The summed E-state index contributed by atoms with van der Waals surface area (Å²) in [5.41, 5.74) is 6.17. The Morgan fingerprint density at radius 1 is 1.09 bits per heavy atom. The van der Waals surface area contributed by atoms with Gasteiger partial charge in [0, 0.05) is 25.7 Å². The molecule has 0 aromatic heterocycles. The van der Waals surface area contributed by atoms with Crippen LogP contribution in [0.3, 0.4) is 0 Å². The van der Waals surface area contributed by atoms with E-state index in [-0.39, 0.29) is 42.9 Å². The zero-order valence-corrected chi connectivity index (χ0v) is 25.4. The molecule has 2 aromatic carbocycles. The van der Waals surface area contributed by atoms with Gasteiger partial charge in [-0.1, -0.05) is 44.2 Å². The SMILES string of the molecule is CC(C)CN(C[C@@H](O)[C@H](Cc1ccccc1)NC(=O)CN(CC(N)=O)[C@@H]1CCOC1)S(=O)(=O)c1ccc(OC(F)(F)F)cc1. The van der Waals surface area contributed by atoms with Gasteiger partial charge in [-0.3, -0.25) is 14.5 Å². The number of ether oxygens (including phenoxy) is 2. The number of benzene rings is 2. The van der Waals surface area contributed by atoms with Crippen molar-refractivity contribution in [1.82, 2.24) is 14.5 Å². The number of hydrogen-bond donors (Lipinski definition) is 3. The number of sulfonamides is 1. The number of nitrogens with two attached hydrogens (primary N) is 1. The van der Waals surface area contributed by atoms with Gasteiger partial charge in [0.05, 0.1) is 36.7 Å². The predicted molar refractivity (Wildman–Crippen MR) is 155 cm³/mol. The molecule has 0 bridgehead atoms. The fourth-order valence-electron chi connectivity index (χ4n) is 4.89. The second kappa shape index (κ2) is 15.7. The number of nitrogens with zero attached hydrogens (tertiary/aromatic N) is 2. The summed E-state index contributed by atoms with van der Waals surface area (Å²) >= 11 is 0. The van der Waals surface area contributed by atoms with Crippen LogP contribution >= 0.6 is 0 Å². The highest BCUT2D eigenvalue weighted by molar-refractivity contribution is 7.89. The van der Waals surface area contributed by atoms with Gasteiger partial charge < -0.3 is 25.6 Å². The third-order valence-electron chi connectivity index (χ3n) is 6.89. The minimum atomic E-state index is -4.94. The van der Waals surface area contributed by atoms with E-state index in [0.717, 1.165) is 34.1 Å². The van der Waals surface area contributed by atoms with Gasteiger partial charge in [0.2, 0.25) is 21.8 Å². The number of aliphatic hydroxyl groups is 1. The predicted octanol–water partition coefficient (Wildman–Crippen LogP) is 1.90. The Morgan fingerprint density at radius 3 is 2.30 bits per heavy atom. The summed E-state index contributed by atoms with van der Waals surface area (Å²) in [7, 11) is -4.28. The molecule has 244 valence electrons. The molecule has 1 aliphatic rings. The van der Waals surface area contributed by atoms with E-state index in [2.05, 4.69) is 10.1 Å². The van der Waals surface area contributed by atoms with E-state index >= 15 is 0 Å². The fourth-order valence-corrected chi connectivity index (χ4v) is 6.51. The highest BCUT2D eigenvalue weighted by Crippen LogP contribution is 2.26. The highest BCUT2D eigenvalue weighted by atomic mass is 32.2. The molecule has 1 saturated heterocycles. The number of aliphatic hydroxyl groups excluding tert-OH is 1. The van der Waals surface area contributed by atoms with E-state index in [9.17, 15) is 36.3 Å². The summed E-state index contributed by atoms with van der Waals surface area (Å²) in [6.45, 7) is 3.57. The monoisotopic (exact) mass is 644 g/mol. The zero-order valence-electron chi connectivity index (χ0n) is 24.6. The van der Waals surface area contributed by atoms with Crippen LogP contribution in [0.15, 0.2) is 59.5 Å². The molecule has 15 heteroatoms. The van der Waals surface area contributed by atoms with Gasteiger partial charge in [0.25, 0.3) is 0 Å². The van der Waals surface area contributed by atoms with E-state index in [0.29, 0.717) is 19.6 Å². The number of primary amides is 1. The standard InChI is InChI=1S/C29H39F3N4O7S/c1-20(2)15-36(44(40,41)24-10-8-23(9-11-24)43-29(30,31)32)16-26(37)25(14-21-6-4-3-5-7-21)34-28(39)18-35(17-27(33)38)22-12-13-42-19-22/h3-11,20,22,25-26,37H,12-19H2,1-2H3,(H2,33,38)(H,34,39)/t22-,25+,26-/m1/s1. The molecular weight excluding hydrogens is 605 g/mol. The Labute approximate surface area is 255 Å². The Bertz CT molecular complexity index is 1320. The molecule has 3 rings (SSSR count). The second-order valence-electron chi connectivity index (χ2n) is 11.1. The second-order valence-corrected chi connectivity index (χ2v) is 13.0. The first-order valence-corrected chi connectivity index (χ1v) is 15.6. The normalized spacial score (nSPS) is 17.2. The summed E-state index contributed by atoms with van der Waals surface area (Å²) in [6, 6.07) is 11.7. The molecule has 0 aliphatic carbocycles. The van der Waals surface area contributed by atoms with Crippen LogP contribution in [-0.4, -0.2) is 98.5 Å². The maximum absolute atomic E-state index is 13.6. The van der Waals surface area contributed by atoms with Crippen molar-refractivity contribution in [3.05, 3.63) is 60.2 Å². The number of hydrogen-bond acceptors (Lipinski definition) is 8. The van der Waals surface area contributed by atoms with Crippen LogP contribution < -0.4 is 15.8 Å². The highest BCUT2D eigenvalue weighted by Gasteiger charge is 2.34. The number of amides is 2. The molecule has 0 radical (unpaired) electrons. The molecule has 44 heavy (non-hydrogen) atoms. The van der Waals surface area contributed by atoms with Gasteiger partial charge in [0.15, 0.2) is 0 Å². The first-order chi connectivity index (χ1) is 20.6. The average Bonchev–Trinajstić information content (AvgIpc) is 3.47. The minimum absolute atomic E-state index is 0.0136. The lowest BCUT2D eigenvalue weighted by Gasteiger charge is -2.32. The largest absolute Gasteiger partial charge is 0.573 e. The Morgan fingerprint density at radius 2 is 1.75 bits per heavy atom. The van der Waals surface area contributed by atoms with Crippen molar-refractivity contribution >= 4 is 21.8 Å². The molecule has 1 heterocycles. The van der Waals surface area contributed by atoms with Crippen LogP contribution in [0.4, 0.5) is 13.2 Å². The average molecular weight is 645 g/mol. The summed E-state index contributed by atoms with van der Waals surface area (Å²) in [5.74, 6) is -1.87. The summed E-state index contributed by atoms with van der Waals surface area (Å²) in [4.78, 5) is 26.2. The molecule has 11 nitrogen and oxygen atoms in total. The number of carbonyl (C=O) groups excluding carboxylic acids is 2. The van der Waals surface area contributed by atoms with Crippen LogP contribution in [0.5, 0.6) is 5.75 Å². The van der Waals surface area contributed by atoms with E-state index < -0.39 is 52.6 Å². The first-order valence-electron chi connectivity index (χ1n) is 14.1. The van der Waals surface area contributed by atoms with Crippen LogP contribution in [-0.2, 0) is 30.8 Å². The quantitative estimate of drug-likeness (QED) is 0.251. The van der Waals surface area contributed by atoms with Crippen LogP contribution in [0.25, 0.3) is 0 Å². The molecule has 0 saturated carbocycles. The van der Waals surface area contributed by atoms with Gasteiger partial charge in [-0.2, -0.15) is 4.31 Å². The number of nitrogens with one attached hydrogen (secondary N) is 1. The van der Waals surface area contributed by atoms with E-state index in [1.165, 1.54) is 0 Å². The van der Waals surface area contributed by atoms with Gasteiger partial charge in [-0.05, 0) is 48.6 Å². The third-order valence-corrected chi connectivity index (χ3v) is 8.74. The van der Waals surface area contributed by atoms with Crippen LogP contribution in [0.2, 0.25) is 0 Å². The molecule has 2 amide bonds. The van der Waals surface area contributed by atoms with E-state index in [1.54, 1.807) is 49.1 Å². The van der Waals surface area contributed by atoms with Gasteiger partial charge in [-0.25, -0.2) is 8.42 Å². The molecule has 0 spiro atoms. The summed E-state index contributed by atoms with van der Waals surface area (Å²) < 4.78 is 75.2. The van der Waals surface area contributed by atoms with Gasteiger partial charge >= 0.3 is 6.36 Å². The minimum Gasteiger partial charge on any atom is -0.406 e. The third kappa shape index (κ3) is 11.0. The van der Waals surface area contributed by atoms with Crippen molar-refractivity contribution in [2.24, 2.45) is 11.7 Å². The summed E-state index contributed by atoms with van der Waals surface area (Å²) in [6.07, 6.45) is -5.55. The lowest BCUT2D eigenvalue weighted by molar-refractivity contribution is -0.274. The molecule has 1 aliphatic heterocycles. The van der Waals surface area contributed by atoms with Crippen molar-refractivity contribution in [1.29, 1.82) is 0 Å². The Hall–Kier alpha value is -3.24. The maximum atomic E-state index is 13.6. The van der Waals surface area contributed by atoms with Gasteiger partial charge in [-0.15, -0.1) is 13.2 Å². The number of halogens is 3. The van der Waals surface area contributed by atoms with Crippen molar-refractivity contribution in [3.63, 3.8) is 0 Å². The molecular formula is C29H39F3N4O7S. The fraction of sp³-hybridized carbons (Fsp3) is 0.517. The molecule has 0 unspecified atom stereocenters. The Balaban J connectivity index is 1.82. The zero-order chi connectivity index (χ0) is 32.5. The first kappa shape index (κ1) is 35.2. The smallest absolute Gasteiger partial charge is 0.406 e. The van der Waals surface area contributed by atoms with E-state index in [1.807, 2.05) is 0 Å². The Kier molecular flexibility index (Phi) is 12.5. The molecule has 1 fully saturated rings. The van der Waals surface area contributed by atoms with Crippen LogP contribution in [0, 0.1) is 5.92 Å². The maximum Gasteiger partial charge on any atom is 0.573 e. The topological polar surface area (TPSA) is 152 Å². The van der Waals surface area contributed by atoms with Gasteiger partial charge in [0.1, 0.15) is 5.75 Å². The summed E-state index contributed by atoms with van der Waals surface area (Å²) in [5, 5.41) is 14.2. The molecule has 3 atom stereocenters. The molecule has 4 N–H and O–H groups in total. The number of carbonyl (C=O) groups is 2. The van der Waals surface area contributed by atoms with Crippen LogP contribution in [0.1, 0.15) is 25.8 Å². The lowest BCUT2D eigenvalue weighted by atomic mass is 10.0. The van der Waals surface area contributed by atoms with Crippen molar-refractivity contribution in [3.8, 4) is 5.75 Å². The lowest BCUT2D eigenvalue weighted by Crippen LogP contribution is -2.54. The van der Waals surface area contributed by atoms with Crippen molar-refractivity contribution in [2.75, 3.05) is 39.4 Å². The number of alkyl halides is 3.